The Kier molecular flexibility index (Phi) is 8.24. The van der Waals surface area contributed by atoms with Gasteiger partial charge in [-0.15, -0.1) is 11.8 Å². The first kappa shape index (κ1) is 27.8. The zero-order valence-corrected chi connectivity index (χ0v) is 24.3. The summed E-state index contributed by atoms with van der Waals surface area (Å²) in [5, 5.41) is 6.32. The average Bonchev–Trinajstić information content (AvgIpc) is 3.61. The van der Waals surface area contributed by atoms with Crippen molar-refractivity contribution < 1.29 is 19.1 Å². The summed E-state index contributed by atoms with van der Waals surface area (Å²) in [4.78, 5) is 47.1. The van der Waals surface area contributed by atoms with Gasteiger partial charge in [0.25, 0.3) is 0 Å². The second-order valence-corrected chi connectivity index (χ2v) is 12.9. The topological polar surface area (TPSA) is 91.0 Å². The van der Waals surface area contributed by atoms with Crippen molar-refractivity contribution in [2.75, 3.05) is 37.8 Å². The normalized spacial score (nSPS) is 31.9. The summed E-state index contributed by atoms with van der Waals surface area (Å²) in [7, 11) is 0. The van der Waals surface area contributed by atoms with Gasteiger partial charge < -0.3 is 25.2 Å². The van der Waals surface area contributed by atoms with Crippen molar-refractivity contribution in [3.63, 3.8) is 0 Å². The Morgan fingerprint density at radius 3 is 2.60 bits per heavy atom. The van der Waals surface area contributed by atoms with E-state index in [2.05, 4.69) is 15.5 Å². The number of thioether (sulfide) groups is 1. The summed E-state index contributed by atoms with van der Waals surface area (Å²) in [6, 6.07) is 7.08. The predicted molar refractivity (Wildman–Crippen MR) is 156 cm³/mol. The largest absolute Gasteiger partial charge is 0.359 e. The summed E-state index contributed by atoms with van der Waals surface area (Å²) in [5.41, 5.74) is -0.401. The number of piperidine rings is 1. The third kappa shape index (κ3) is 5.21. The minimum Gasteiger partial charge on any atom is -0.359 e. The van der Waals surface area contributed by atoms with Crippen molar-refractivity contribution in [1.82, 2.24) is 15.1 Å². The number of nitrogens with one attached hydrogen (secondary N) is 2. The molecule has 4 aliphatic heterocycles. The molecule has 9 heteroatoms. The van der Waals surface area contributed by atoms with E-state index in [1.165, 1.54) is 25.7 Å². The highest BCUT2D eigenvalue weighted by atomic mass is 32.2. The summed E-state index contributed by atoms with van der Waals surface area (Å²) >= 11 is 1.61. The number of hydrogen-bond acceptors (Lipinski definition) is 6. The van der Waals surface area contributed by atoms with E-state index in [1.807, 2.05) is 42.7 Å². The van der Waals surface area contributed by atoms with Crippen LogP contribution in [0.3, 0.4) is 0 Å². The molecule has 2 N–H and O–H groups in total. The Morgan fingerprint density at radius 1 is 1.05 bits per heavy atom. The molecule has 3 amide bonds. The van der Waals surface area contributed by atoms with Crippen LogP contribution in [0.2, 0.25) is 0 Å². The van der Waals surface area contributed by atoms with E-state index >= 15 is 0 Å². The van der Waals surface area contributed by atoms with Crippen LogP contribution in [0.25, 0.3) is 0 Å². The fourth-order valence-corrected chi connectivity index (χ4v) is 8.07. The maximum atomic E-state index is 14.2. The lowest BCUT2D eigenvalue weighted by Crippen LogP contribution is -2.56. The number of benzene rings is 1. The molecular formula is C31H42N4O4S. The zero-order chi connectivity index (χ0) is 27.7. The van der Waals surface area contributed by atoms with Crippen molar-refractivity contribution in [3.8, 4) is 0 Å². The molecule has 4 fully saturated rings. The lowest BCUT2D eigenvalue weighted by molar-refractivity contribution is -0.141. The fraction of sp³-hybridized carbons (Fsp3) is 0.645. The Labute approximate surface area is 241 Å². The SMILES string of the molecule is CSc1cccc(NC(=O)C2C3C=CC4(O3)C2C(=O)N(CCCN2CCCCC2)C4C(=O)NC2CCCCC2)c1. The van der Waals surface area contributed by atoms with Crippen molar-refractivity contribution in [1.29, 1.82) is 0 Å². The van der Waals surface area contributed by atoms with Gasteiger partial charge in [0.05, 0.1) is 17.9 Å². The van der Waals surface area contributed by atoms with Gasteiger partial charge >= 0.3 is 0 Å². The molecule has 1 aromatic carbocycles. The van der Waals surface area contributed by atoms with E-state index in [0.717, 1.165) is 56.6 Å². The Morgan fingerprint density at radius 2 is 1.82 bits per heavy atom. The van der Waals surface area contributed by atoms with Crippen molar-refractivity contribution >= 4 is 35.2 Å². The number of carbonyl (C=O) groups is 3. The summed E-state index contributed by atoms with van der Waals surface area (Å²) < 4.78 is 6.51. The molecule has 8 nitrogen and oxygen atoms in total. The highest BCUT2D eigenvalue weighted by Crippen LogP contribution is 2.55. The zero-order valence-electron chi connectivity index (χ0n) is 23.5. The molecule has 4 heterocycles. The van der Waals surface area contributed by atoms with Gasteiger partial charge in [-0.25, -0.2) is 0 Å². The standard InChI is InChI=1S/C31H42N4O4S/c1-40-23-13-8-12-22(20-23)33-28(36)25-24-14-15-31(39-24)26(25)30(38)35(19-9-18-34-16-6-3-7-17-34)27(31)29(37)32-21-10-4-2-5-11-21/h8,12-15,20-21,24-27H,2-7,9-11,16-19H2,1H3,(H,32,37)(H,33,36). The molecule has 1 aromatic rings. The van der Waals surface area contributed by atoms with Gasteiger partial charge in [-0.3, -0.25) is 14.4 Å². The van der Waals surface area contributed by atoms with Gasteiger partial charge in [0.2, 0.25) is 17.7 Å². The van der Waals surface area contributed by atoms with Crippen LogP contribution in [0.4, 0.5) is 5.69 Å². The molecule has 6 rings (SSSR count). The maximum Gasteiger partial charge on any atom is 0.246 e. The summed E-state index contributed by atoms with van der Waals surface area (Å²) in [6.07, 6.45) is 15.2. The van der Waals surface area contributed by atoms with E-state index in [9.17, 15) is 14.4 Å². The van der Waals surface area contributed by atoms with Crippen molar-refractivity contribution in [3.05, 3.63) is 36.4 Å². The number of rotatable bonds is 9. The van der Waals surface area contributed by atoms with Gasteiger partial charge in [0.15, 0.2) is 0 Å². The minimum atomic E-state index is -1.10. The molecule has 1 aliphatic carbocycles. The van der Waals surface area contributed by atoms with Crippen LogP contribution in [0, 0.1) is 11.8 Å². The van der Waals surface area contributed by atoms with E-state index in [1.54, 1.807) is 16.7 Å². The van der Waals surface area contributed by atoms with Crippen LogP contribution >= 0.6 is 11.8 Å². The predicted octanol–water partition coefficient (Wildman–Crippen LogP) is 3.82. The van der Waals surface area contributed by atoms with Crippen LogP contribution in [0.15, 0.2) is 41.3 Å². The number of hydrogen-bond donors (Lipinski definition) is 2. The first-order valence-corrected chi connectivity index (χ1v) is 16.4. The first-order valence-electron chi connectivity index (χ1n) is 15.2. The molecule has 2 bridgehead atoms. The smallest absolute Gasteiger partial charge is 0.246 e. The molecule has 5 unspecified atom stereocenters. The molecule has 5 aliphatic rings. The minimum absolute atomic E-state index is 0.132. The molecule has 0 radical (unpaired) electrons. The van der Waals surface area contributed by atoms with Gasteiger partial charge in [-0.05, 0) is 76.2 Å². The van der Waals surface area contributed by atoms with Crippen molar-refractivity contribution in [2.45, 2.75) is 86.5 Å². The van der Waals surface area contributed by atoms with Crippen LogP contribution in [0.5, 0.6) is 0 Å². The number of carbonyl (C=O) groups excluding carboxylic acids is 3. The van der Waals surface area contributed by atoms with Crippen LogP contribution in [0.1, 0.15) is 57.8 Å². The van der Waals surface area contributed by atoms with Crippen LogP contribution < -0.4 is 10.6 Å². The van der Waals surface area contributed by atoms with Gasteiger partial charge in [-0.2, -0.15) is 0 Å². The highest BCUT2D eigenvalue weighted by Gasteiger charge is 2.72. The van der Waals surface area contributed by atoms with E-state index in [-0.39, 0.29) is 23.8 Å². The quantitative estimate of drug-likeness (QED) is 0.349. The van der Waals surface area contributed by atoms with Crippen LogP contribution in [-0.4, -0.2) is 83.7 Å². The molecule has 216 valence electrons. The number of nitrogens with zero attached hydrogens (tertiary/aromatic N) is 2. The molecule has 0 aromatic heterocycles. The molecule has 3 saturated heterocycles. The first-order chi connectivity index (χ1) is 19.5. The number of ether oxygens (including phenoxy) is 1. The Balaban J connectivity index is 1.23. The van der Waals surface area contributed by atoms with E-state index in [4.69, 9.17) is 4.74 Å². The summed E-state index contributed by atoms with van der Waals surface area (Å²) in [5.74, 6) is -1.88. The summed E-state index contributed by atoms with van der Waals surface area (Å²) in [6.45, 7) is 3.59. The Bertz CT molecular complexity index is 1150. The number of amides is 3. The third-order valence-electron chi connectivity index (χ3n) is 9.54. The number of likely N-dealkylation sites (tertiary alicyclic amines) is 2. The molecular weight excluding hydrogens is 524 g/mol. The maximum absolute atomic E-state index is 14.2. The molecule has 5 atom stereocenters. The molecule has 1 saturated carbocycles. The third-order valence-corrected chi connectivity index (χ3v) is 10.3. The lowest BCUT2D eigenvalue weighted by atomic mass is 9.74. The van der Waals surface area contributed by atoms with Gasteiger partial charge in [0.1, 0.15) is 11.6 Å². The second-order valence-electron chi connectivity index (χ2n) is 12.1. The van der Waals surface area contributed by atoms with E-state index < -0.39 is 29.6 Å². The fourth-order valence-electron chi connectivity index (χ4n) is 7.61. The van der Waals surface area contributed by atoms with Crippen molar-refractivity contribution in [2.24, 2.45) is 11.8 Å². The lowest BCUT2D eigenvalue weighted by Gasteiger charge is -2.34. The van der Waals surface area contributed by atoms with Gasteiger partial charge in [-0.1, -0.05) is 43.9 Å². The molecule has 1 spiro atoms. The monoisotopic (exact) mass is 566 g/mol. The number of fused-ring (bicyclic) bond motifs is 1. The molecule has 40 heavy (non-hydrogen) atoms. The highest BCUT2D eigenvalue weighted by molar-refractivity contribution is 7.98. The van der Waals surface area contributed by atoms with Gasteiger partial charge in [0, 0.05) is 23.2 Å². The average molecular weight is 567 g/mol. The second kappa shape index (κ2) is 11.9. The van der Waals surface area contributed by atoms with E-state index in [0.29, 0.717) is 12.2 Å². The van der Waals surface area contributed by atoms with Crippen LogP contribution in [-0.2, 0) is 19.1 Å². The number of anilines is 1. The Hall–Kier alpha value is -2.36.